The number of rotatable bonds is 10. The van der Waals surface area contributed by atoms with Crippen LogP contribution in [0.1, 0.15) is 59.6 Å². The lowest BCUT2D eigenvalue weighted by atomic mass is 9.94. The first-order chi connectivity index (χ1) is 23.3. The maximum Gasteiger partial charge on any atom is 0.326 e. The van der Waals surface area contributed by atoms with Gasteiger partial charge in [0, 0.05) is 41.2 Å². The first-order valence-corrected chi connectivity index (χ1v) is 16.2. The maximum atomic E-state index is 15.8. The quantitative estimate of drug-likeness (QED) is 0.122. The molecule has 6 aromatic rings. The van der Waals surface area contributed by atoms with Crippen molar-refractivity contribution in [1.29, 1.82) is 0 Å². The molecule has 0 spiro atoms. The van der Waals surface area contributed by atoms with Crippen LogP contribution >= 0.6 is 0 Å². The lowest BCUT2D eigenvalue weighted by Crippen LogP contribution is -2.42. The molecule has 0 bridgehead atoms. The minimum Gasteiger partial charge on any atom is -0.508 e. The Balaban J connectivity index is 1.17. The summed E-state index contributed by atoms with van der Waals surface area (Å²) in [6.45, 7) is 0.319. The van der Waals surface area contributed by atoms with Gasteiger partial charge < -0.3 is 29.8 Å². The van der Waals surface area contributed by atoms with Crippen LogP contribution in [-0.4, -0.2) is 42.7 Å². The Morgan fingerprint density at radius 3 is 2.58 bits per heavy atom. The van der Waals surface area contributed by atoms with E-state index in [4.69, 9.17) is 9.72 Å². The minimum atomic E-state index is -1.22. The molecule has 1 aliphatic rings. The Labute approximate surface area is 276 Å². The van der Waals surface area contributed by atoms with Crippen LogP contribution in [0.15, 0.2) is 91.1 Å². The summed E-state index contributed by atoms with van der Waals surface area (Å²) in [6.07, 6.45) is 6.83. The molecule has 9 nitrogen and oxygen atoms in total. The topological polar surface area (TPSA) is 129 Å². The molecule has 10 heteroatoms. The molecular formula is C38H35FN4O5. The van der Waals surface area contributed by atoms with Crippen molar-refractivity contribution in [2.75, 3.05) is 0 Å². The Bertz CT molecular complexity index is 2120. The number of aromatic amines is 1. The van der Waals surface area contributed by atoms with Crippen LogP contribution in [0.4, 0.5) is 4.39 Å². The second-order valence-corrected chi connectivity index (χ2v) is 12.3. The van der Waals surface area contributed by atoms with E-state index in [1.165, 1.54) is 6.07 Å². The first-order valence-electron chi connectivity index (χ1n) is 16.2. The number of carbonyl (C=O) groups excluding carboxylic acids is 1. The molecular weight excluding hydrogens is 611 g/mol. The molecule has 0 saturated heterocycles. The zero-order chi connectivity index (χ0) is 33.2. The van der Waals surface area contributed by atoms with E-state index in [0.717, 1.165) is 48.7 Å². The Kier molecular flexibility index (Phi) is 8.54. The van der Waals surface area contributed by atoms with Gasteiger partial charge in [-0.05, 0) is 72.5 Å². The van der Waals surface area contributed by atoms with E-state index in [2.05, 4.69) is 14.9 Å². The van der Waals surface area contributed by atoms with E-state index in [0.29, 0.717) is 40.2 Å². The Hall–Kier alpha value is -5.64. The predicted octanol–water partition coefficient (Wildman–Crippen LogP) is 7.54. The van der Waals surface area contributed by atoms with Crippen molar-refractivity contribution in [3.05, 3.63) is 114 Å². The normalized spacial score (nSPS) is 14.3. The molecule has 1 amide bonds. The highest BCUT2D eigenvalue weighted by molar-refractivity contribution is 6.00. The first kappa shape index (κ1) is 31.0. The lowest BCUT2D eigenvalue weighted by Gasteiger charge is -2.26. The van der Waals surface area contributed by atoms with E-state index in [1.54, 1.807) is 48.7 Å². The van der Waals surface area contributed by atoms with Crippen molar-refractivity contribution >= 4 is 33.8 Å². The molecule has 4 aromatic carbocycles. The van der Waals surface area contributed by atoms with Crippen LogP contribution in [0.2, 0.25) is 0 Å². The number of carboxylic acids is 1. The van der Waals surface area contributed by atoms with Gasteiger partial charge in [0.1, 0.15) is 35.8 Å². The van der Waals surface area contributed by atoms with E-state index in [-0.39, 0.29) is 23.8 Å². The van der Waals surface area contributed by atoms with Crippen molar-refractivity contribution in [2.24, 2.45) is 0 Å². The number of carboxylic acid groups (broad SMARTS) is 1. The second-order valence-electron chi connectivity index (χ2n) is 12.3. The summed E-state index contributed by atoms with van der Waals surface area (Å²) in [5.74, 6) is -1.25. The Morgan fingerprint density at radius 2 is 1.81 bits per heavy atom. The number of ether oxygens (including phenoxy) is 1. The molecule has 4 N–H and O–H groups in total. The number of hydrogen-bond acceptors (Lipinski definition) is 5. The number of halogens is 1. The fourth-order valence-electron chi connectivity index (χ4n) is 6.64. The molecule has 1 atom stereocenters. The number of aliphatic carboxylic acids is 1. The zero-order valence-electron chi connectivity index (χ0n) is 26.2. The highest BCUT2D eigenvalue weighted by Gasteiger charge is 2.26. The molecule has 48 heavy (non-hydrogen) atoms. The summed E-state index contributed by atoms with van der Waals surface area (Å²) in [7, 11) is 0. The number of amides is 1. The number of aromatic hydroxyl groups is 1. The smallest absolute Gasteiger partial charge is 0.326 e. The van der Waals surface area contributed by atoms with Crippen LogP contribution in [0, 0.1) is 5.82 Å². The van der Waals surface area contributed by atoms with Gasteiger partial charge in [0.25, 0.3) is 5.91 Å². The van der Waals surface area contributed by atoms with E-state index < -0.39 is 23.7 Å². The molecule has 7 rings (SSSR count). The minimum absolute atomic E-state index is 0.0115. The number of nitrogens with one attached hydrogen (secondary N) is 2. The molecule has 1 fully saturated rings. The number of aromatic nitrogens is 3. The van der Waals surface area contributed by atoms with Crippen molar-refractivity contribution < 1.29 is 28.9 Å². The van der Waals surface area contributed by atoms with Gasteiger partial charge in [-0.25, -0.2) is 14.2 Å². The summed E-state index contributed by atoms with van der Waals surface area (Å²) in [6, 6.07) is 23.3. The van der Waals surface area contributed by atoms with Gasteiger partial charge in [-0.1, -0.05) is 49.6 Å². The maximum absolute atomic E-state index is 15.8. The van der Waals surface area contributed by atoms with Gasteiger partial charge in [0.05, 0.1) is 16.6 Å². The monoisotopic (exact) mass is 646 g/mol. The molecule has 1 aliphatic carbocycles. The number of phenolic OH excluding ortho intramolecular Hbond substituents is 1. The van der Waals surface area contributed by atoms with Crippen molar-refractivity contribution in [3.63, 3.8) is 0 Å². The number of phenols is 1. The van der Waals surface area contributed by atoms with E-state index >= 15 is 4.39 Å². The third-order valence-corrected chi connectivity index (χ3v) is 9.10. The summed E-state index contributed by atoms with van der Waals surface area (Å²) >= 11 is 0. The van der Waals surface area contributed by atoms with Gasteiger partial charge in [0.15, 0.2) is 0 Å². The van der Waals surface area contributed by atoms with Crippen LogP contribution in [0.5, 0.6) is 11.5 Å². The van der Waals surface area contributed by atoms with Crippen LogP contribution in [0.3, 0.4) is 0 Å². The van der Waals surface area contributed by atoms with Crippen molar-refractivity contribution in [1.82, 2.24) is 19.9 Å². The van der Waals surface area contributed by atoms with E-state index in [9.17, 15) is 19.8 Å². The summed E-state index contributed by atoms with van der Waals surface area (Å²) < 4.78 is 23.7. The highest BCUT2D eigenvalue weighted by Crippen LogP contribution is 2.37. The van der Waals surface area contributed by atoms with Gasteiger partial charge in [-0.3, -0.25) is 4.79 Å². The largest absolute Gasteiger partial charge is 0.508 e. The SMILES string of the molecule is O=C(NC(Cc1c[nH]c2ccc(O)cc12)C(=O)O)c1ccc2c(c1)nc(-c1ccc(OCc3ccccc3)cc1F)n2C1CCCCC1. The fraction of sp³-hybridized carbons (Fsp3) is 0.237. The number of benzene rings is 4. The van der Waals surface area contributed by atoms with Gasteiger partial charge >= 0.3 is 5.97 Å². The van der Waals surface area contributed by atoms with Gasteiger partial charge in [-0.15, -0.1) is 0 Å². The molecule has 1 saturated carbocycles. The number of H-pyrrole nitrogens is 1. The predicted molar refractivity (Wildman–Crippen MR) is 181 cm³/mol. The molecule has 244 valence electrons. The van der Waals surface area contributed by atoms with Crippen LogP contribution in [-0.2, 0) is 17.8 Å². The number of fused-ring (bicyclic) bond motifs is 2. The fourth-order valence-corrected chi connectivity index (χ4v) is 6.64. The highest BCUT2D eigenvalue weighted by atomic mass is 19.1. The van der Waals surface area contributed by atoms with E-state index in [1.807, 2.05) is 36.4 Å². The van der Waals surface area contributed by atoms with Gasteiger partial charge in [-0.2, -0.15) is 0 Å². The van der Waals surface area contributed by atoms with Crippen LogP contribution in [0.25, 0.3) is 33.3 Å². The molecule has 2 heterocycles. The second kappa shape index (κ2) is 13.2. The van der Waals surface area contributed by atoms with Crippen molar-refractivity contribution in [2.45, 2.75) is 57.2 Å². The van der Waals surface area contributed by atoms with Gasteiger partial charge in [0.2, 0.25) is 0 Å². The van der Waals surface area contributed by atoms with Crippen LogP contribution < -0.4 is 10.1 Å². The lowest BCUT2D eigenvalue weighted by molar-refractivity contribution is -0.139. The molecule has 1 unspecified atom stereocenters. The Morgan fingerprint density at radius 1 is 1.00 bits per heavy atom. The number of nitrogens with zero attached hydrogens (tertiary/aromatic N) is 2. The third kappa shape index (κ3) is 6.33. The summed E-state index contributed by atoms with van der Waals surface area (Å²) in [4.78, 5) is 33.6. The van der Waals surface area contributed by atoms with Crippen molar-refractivity contribution in [3.8, 4) is 22.9 Å². The average Bonchev–Trinajstić information content (AvgIpc) is 3.68. The number of imidazole rings is 1. The standard InChI is InChI=1S/C38H35FN4O5/c39-31-20-28(48-22-23-7-3-1-4-8-23)13-14-29(31)36-41-33-17-24(11-16-35(33)43(36)26-9-5-2-6-10-26)37(45)42-34(38(46)47)18-25-21-40-32-15-12-27(44)19-30(25)32/h1,3-4,7-8,11-17,19-21,26,34,40,44H,2,5-6,9-10,18,22H2,(H,42,45)(H,46,47). The molecule has 2 aromatic heterocycles. The zero-order valence-corrected chi connectivity index (χ0v) is 26.2. The number of carbonyl (C=O) groups is 2. The molecule has 0 aliphatic heterocycles. The summed E-state index contributed by atoms with van der Waals surface area (Å²) in [5.41, 5.74) is 4.27. The summed E-state index contributed by atoms with van der Waals surface area (Å²) in [5, 5.41) is 23.2. The number of hydrogen-bond donors (Lipinski definition) is 4. The average molecular weight is 647 g/mol. The third-order valence-electron chi connectivity index (χ3n) is 9.10. The molecule has 0 radical (unpaired) electrons.